The molecule has 0 aromatic carbocycles. The van der Waals surface area contributed by atoms with E-state index < -0.39 is 0 Å². The second-order valence-corrected chi connectivity index (χ2v) is 5.13. The number of hydrogen-bond donors (Lipinski definition) is 2. The number of likely N-dealkylation sites (tertiary alicyclic amines) is 1. The van der Waals surface area contributed by atoms with E-state index in [1.807, 2.05) is 13.0 Å². The zero-order chi connectivity index (χ0) is 14.6. The van der Waals surface area contributed by atoms with Crippen molar-refractivity contribution >= 4 is 5.96 Å². The van der Waals surface area contributed by atoms with Crippen LogP contribution in [-0.4, -0.2) is 49.6 Å². The van der Waals surface area contributed by atoms with Gasteiger partial charge in [0.25, 0.3) is 0 Å². The fourth-order valence-electron chi connectivity index (χ4n) is 2.37. The van der Waals surface area contributed by atoms with Crippen molar-refractivity contribution in [2.24, 2.45) is 4.99 Å². The molecule has 0 radical (unpaired) electrons. The van der Waals surface area contributed by atoms with Crippen LogP contribution in [0.3, 0.4) is 0 Å². The Labute approximate surface area is 124 Å². The van der Waals surface area contributed by atoms with Gasteiger partial charge in [-0.15, -0.1) is 6.58 Å². The van der Waals surface area contributed by atoms with E-state index in [9.17, 15) is 0 Å². The Bertz CT molecular complexity index is 314. The largest absolute Gasteiger partial charge is 0.357 e. The van der Waals surface area contributed by atoms with Gasteiger partial charge in [0, 0.05) is 38.8 Å². The molecule has 0 aliphatic carbocycles. The fraction of sp³-hybridized carbons (Fsp3) is 0.688. The third-order valence-corrected chi connectivity index (χ3v) is 3.46. The first-order valence-corrected chi connectivity index (χ1v) is 7.79. The summed E-state index contributed by atoms with van der Waals surface area (Å²) in [6.45, 7) is 13.0. The molecule has 1 rings (SSSR count). The Balaban J connectivity index is 2.36. The smallest absolute Gasteiger partial charge is 0.191 e. The monoisotopic (exact) mass is 278 g/mol. The highest BCUT2D eigenvalue weighted by molar-refractivity contribution is 5.80. The van der Waals surface area contributed by atoms with Crippen LogP contribution < -0.4 is 10.6 Å². The summed E-state index contributed by atoms with van der Waals surface area (Å²) in [5.41, 5.74) is 0. The molecule has 2 N–H and O–H groups in total. The summed E-state index contributed by atoms with van der Waals surface area (Å²) in [4.78, 5) is 7.06. The van der Waals surface area contributed by atoms with Crippen LogP contribution in [0.5, 0.6) is 0 Å². The molecule has 20 heavy (non-hydrogen) atoms. The van der Waals surface area contributed by atoms with E-state index in [1.54, 1.807) is 0 Å². The van der Waals surface area contributed by atoms with Gasteiger partial charge in [-0.2, -0.15) is 0 Å². The maximum atomic E-state index is 4.61. The molecule has 0 unspecified atom stereocenters. The molecule has 0 saturated carbocycles. The minimum atomic E-state index is 0.538. The number of hydrogen-bond acceptors (Lipinski definition) is 2. The molecule has 0 bridgehead atoms. The van der Waals surface area contributed by atoms with Crippen molar-refractivity contribution in [1.29, 1.82) is 0 Å². The van der Waals surface area contributed by atoms with Gasteiger partial charge in [0.05, 0.1) is 0 Å². The number of piperidine rings is 1. The molecule has 1 saturated heterocycles. The van der Waals surface area contributed by atoms with Gasteiger partial charge in [0.1, 0.15) is 0 Å². The van der Waals surface area contributed by atoms with Gasteiger partial charge in [0.2, 0.25) is 0 Å². The number of guanidine groups is 1. The van der Waals surface area contributed by atoms with Crippen molar-refractivity contribution in [3.8, 4) is 0 Å². The van der Waals surface area contributed by atoms with Crippen molar-refractivity contribution in [2.45, 2.75) is 39.2 Å². The Morgan fingerprint density at radius 1 is 1.40 bits per heavy atom. The number of allylic oxidation sites excluding steroid dienone is 1. The molecule has 0 spiro atoms. The van der Waals surface area contributed by atoms with Gasteiger partial charge in [-0.25, -0.2) is 0 Å². The van der Waals surface area contributed by atoms with Gasteiger partial charge in [-0.3, -0.25) is 9.89 Å². The van der Waals surface area contributed by atoms with Crippen molar-refractivity contribution < 1.29 is 0 Å². The SMILES string of the molecule is C=CCN1CCC(NC(=NCC/C=C/C)NCC)CC1. The predicted octanol–water partition coefficient (Wildman–Crippen LogP) is 2.16. The minimum Gasteiger partial charge on any atom is -0.357 e. The normalized spacial score (nSPS) is 18.4. The molecule has 114 valence electrons. The van der Waals surface area contributed by atoms with Crippen molar-refractivity contribution in [1.82, 2.24) is 15.5 Å². The molecule has 0 aromatic heterocycles. The number of aliphatic imine (C=N–C) groups is 1. The summed E-state index contributed by atoms with van der Waals surface area (Å²) in [6, 6.07) is 0.538. The molecular formula is C16H30N4. The van der Waals surface area contributed by atoms with Gasteiger partial charge < -0.3 is 10.6 Å². The third kappa shape index (κ3) is 6.75. The zero-order valence-electron chi connectivity index (χ0n) is 13.1. The molecule has 4 heteroatoms. The Morgan fingerprint density at radius 3 is 2.75 bits per heavy atom. The quantitative estimate of drug-likeness (QED) is 0.324. The number of nitrogens with one attached hydrogen (secondary N) is 2. The van der Waals surface area contributed by atoms with Crippen LogP contribution in [0.15, 0.2) is 29.8 Å². The molecule has 4 nitrogen and oxygen atoms in total. The van der Waals surface area contributed by atoms with E-state index in [0.717, 1.165) is 45.1 Å². The van der Waals surface area contributed by atoms with Gasteiger partial charge >= 0.3 is 0 Å². The van der Waals surface area contributed by atoms with E-state index in [-0.39, 0.29) is 0 Å². The van der Waals surface area contributed by atoms with Crippen LogP contribution >= 0.6 is 0 Å². The molecule has 0 atom stereocenters. The second-order valence-electron chi connectivity index (χ2n) is 5.13. The van der Waals surface area contributed by atoms with E-state index in [2.05, 4.69) is 46.2 Å². The van der Waals surface area contributed by atoms with Crippen LogP contribution in [-0.2, 0) is 0 Å². The highest BCUT2D eigenvalue weighted by atomic mass is 15.2. The number of nitrogens with zero attached hydrogens (tertiary/aromatic N) is 2. The van der Waals surface area contributed by atoms with Crippen LogP contribution in [0.1, 0.15) is 33.1 Å². The van der Waals surface area contributed by atoms with Crippen molar-refractivity contribution in [3.05, 3.63) is 24.8 Å². The third-order valence-electron chi connectivity index (χ3n) is 3.46. The maximum Gasteiger partial charge on any atom is 0.191 e. The van der Waals surface area contributed by atoms with E-state index >= 15 is 0 Å². The summed E-state index contributed by atoms with van der Waals surface area (Å²) < 4.78 is 0. The molecule has 1 aliphatic rings. The van der Waals surface area contributed by atoms with Crippen LogP contribution in [0.2, 0.25) is 0 Å². The van der Waals surface area contributed by atoms with Crippen LogP contribution in [0, 0.1) is 0 Å². The van der Waals surface area contributed by atoms with Gasteiger partial charge in [-0.05, 0) is 33.1 Å². The molecule has 1 aliphatic heterocycles. The highest BCUT2D eigenvalue weighted by Crippen LogP contribution is 2.09. The average Bonchev–Trinajstić information content (AvgIpc) is 2.46. The first kappa shape index (κ1) is 16.8. The zero-order valence-corrected chi connectivity index (χ0v) is 13.1. The first-order valence-electron chi connectivity index (χ1n) is 7.79. The van der Waals surface area contributed by atoms with Crippen molar-refractivity contribution in [3.63, 3.8) is 0 Å². The lowest BCUT2D eigenvalue weighted by Gasteiger charge is -2.32. The number of rotatable bonds is 7. The lowest BCUT2D eigenvalue weighted by atomic mass is 10.1. The summed E-state index contributed by atoms with van der Waals surface area (Å²) in [6.07, 6.45) is 9.57. The molecule has 1 heterocycles. The Hall–Kier alpha value is -1.29. The summed E-state index contributed by atoms with van der Waals surface area (Å²) in [5.74, 6) is 0.958. The van der Waals surface area contributed by atoms with E-state index in [1.165, 1.54) is 12.8 Å². The molecule has 0 aromatic rings. The Morgan fingerprint density at radius 2 is 2.15 bits per heavy atom. The van der Waals surface area contributed by atoms with Crippen LogP contribution in [0.4, 0.5) is 0 Å². The second kappa shape index (κ2) is 10.5. The summed E-state index contributed by atoms with van der Waals surface area (Å²) in [7, 11) is 0. The summed E-state index contributed by atoms with van der Waals surface area (Å²) >= 11 is 0. The van der Waals surface area contributed by atoms with Crippen molar-refractivity contribution in [2.75, 3.05) is 32.7 Å². The van der Waals surface area contributed by atoms with E-state index in [4.69, 9.17) is 0 Å². The summed E-state index contributed by atoms with van der Waals surface area (Å²) in [5, 5.41) is 6.89. The standard InChI is InChI=1S/C16H30N4/c1-4-7-8-11-18-16(17-6-3)19-15-9-13-20(12-5-2)14-10-15/h4-5,7,15H,2,6,8-14H2,1,3H3,(H2,17,18,19)/b7-4+. The maximum absolute atomic E-state index is 4.61. The fourth-order valence-corrected chi connectivity index (χ4v) is 2.37. The van der Waals surface area contributed by atoms with E-state index in [0.29, 0.717) is 6.04 Å². The first-order chi connectivity index (χ1) is 9.80. The molecule has 0 amide bonds. The minimum absolute atomic E-state index is 0.538. The molecular weight excluding hydrogens is 248 g/mol. The topological polar surface area (TPSA) is 39.7 Å². The highest BCUT2D eigenvalue weighted by Gasteiger charge is 2.18. The lowest BCUT2D eigenvalue weighted by molar-refractivity contribution is 0.225. The van der Waals surface area contributed by atoms with Crippen LogP contribution in [0.25, 0.3) is 0 Å². The predicted molar refractivity (Wildman–Crippen MR) is 88.2 cm³/mol. The average molecular weight is 278 g/mol. The molecule has 1 fully saturated rings. The van der Waals surface area contributed by atoms with Gasteiger partial charge in [0.15, 0.2) is 5.96 Å². The Kier molecular flexibility index (Phi) is 8.79. The lowest BCUT2D eigenvalue weighted by Crippen LogP contribution is -2.48. The van der Waals surface area contributed by atoms with Gasteiger partial charge in [-0.1, -0.05) is 18.2 Å².